The van der Waals surface area contributed by atoms with Gasteiger partial charge < -0.3 is 14.4 Å². The number of hydrogen-bond donors (Lipinski definition) is 0. The van der Waals surface area contributed by atoms with Crippen LogP contribution in [-0.4, -0.2) is 54.0 Å². The predicted octanol–water partition coefficient (Wildman–Crippen LogP) is 2.09. The van der Waals surface area contributed by atoms with Crippen LogP contribution in [0.1, 0.15) is 12.6 Å². The topological polar surface area (TPSA) is 60.4 Å². The Labute approximate surface area is 136 Å². The molecule has 0 aliphatic carbocycles. The minimum Gasteiger partial charge on any atom is -0.382 e. The molecular weight excluding hydrogens is 292 g/mol. The molecule has 6 nitrogen and oxygen atoms in total. The van der Waals surface area contributed by atoms with Crippen molar-refractivity contribution < 1.29 is 9.47 Å². The number of nitrogens with zero attached hydrogens (tertiary/aromatic N) is 4. The lowest BCUT2D eigenvalue weighted by molar-refractivity contribution is -0.0512. The monoisotopic (exact) mass is 314 g/mol. The summed E-state index contributed by atoms with van der Waals surface area (Å²) >= 11 is 0. The van der Waals surface area contributed by atoms with Gasteiger partial charge in [0.1, 0.15) is 5.82 Å². The van der Waals surface area contributed by atoms with E-state index < -0.39 is 0 Å². The van der Waals surface area contributed by atoms with Gasteiger partial charge in [-0.3, -0.25) is 4.98 Å². The fourth-order valence-electron chi connectivity index (χ4n) is 2.85. The van der Waals surface area contributed by atoms with Gasteiger partial charge >= 0.3 is 0 Å². The molecule has 0 spiro atoms. The van der Waals surface area contributed by atoms with Crippen LogP contribution >= 0.6 is 0 Å². The quantitative estimate of drug-likeness (QED) is 0.861. The number of ether oxygens (including phenoxy) is 2. The highest BCUT2D eigenvalue weighted by atomic mass is 16.5. The third kappa shape index (κ3) is 3.83. The first-order valence-electron chi connectivity index (χ1n) is 7.81. The summed E-state index contributed by atoms with van der Waals surface area (Å²) in [6.45, 7) is 6.22. The van der Waals surface area contributed by atoms with Crippen molar-refractivity contribution >= 4 is 5.82 Å². The number of aryl methyl sites for hydroxylation is 1. The minimum atomic E-state index is 0.0564. The zero-order chi connectivity index (χ0) is 16.2. The molecular formula is C17H22N4O2. The summed E-state index contributed by atoms with van der Waals surface area (Å²) in [4.78, 5) is 15.7. The smallest absolute Gasteiger partial charge is 0.163 e. The van der Waals surface area contributed by atoms with E-state index in [0.29, 0.717) is 12.4 Å². The summed E-state index contributed by atoms with van der Waals surface area (Å²) in [7, 11) is 1.70. The average Bonchev–Trinajstić information content (AvgIpc) is 2.55. The Balaban J connectivity index is 1.89. The fraction of sp³-hybridized carbons (Fsp3) is 0.471. The van der Waals surface area contributed by atoms with Gasteiger partial charge in [0.25, 0.3) is 0 Å². The van der Waals surface area contributed by atoms with Crippen LogP contribution in [-0.2, 0) is 9.47 Å². The Kier molecular flexibility index (Phi) is 4.83. The maximum atomic E-state index is 5.90. The molecule has 3 rings (SSSR count). The minimum absolute atomic E-state index is 0.0564. The van der Waals surface area contributed by atoms with E-state index in [1.807, 2.05) is 25.1 Å². The molecule has 0 N–H and O–H groups in total. The Morgan fingerprint density at radius 1 is 1.35 bits per heavy atom. The van der Waals surface area contributed by atoms with Gasteiger partial charge in [0.15, 0.2) is 5.82 Å². The molecule has 2 aromatic heterocycles. The Morgan fingerprint density at radius 3 is 2.96 bits per heavy atom. The van der Waals surface area contributed by atoms with Crippen LogP contribution < -0.4 is 4.90 Å². The zero-order valence-electron chi connectivity index (χ0n) is 13.8. The van der Waals surface area contributed by atoms with E-state index >= 15 is 0 Å². The van der Waals surface area contributed by atoms with Crippen molar-refractivity contribution in [2.75, 3.05) is 31.7 Å². The second-order valence-electron chi connectivity index (χ2n) is 5.86. The van der Waals surface area contributed by atoms with Gasteiger partial charge in [-0.15, -0.1) is 0 Å². The van der Waals surface area contributed by atoms with Crippen LogP contribution in [0.2, 0.25) is 0 Å². The van der Waals surface area contributed by atoms with Gasteiger partial charge in [-0.2, -0.15) is 0 Å². The number of pyridine rings is 1. The van der Waals surface area contributed by atoms with Crippen LogP contribution in [0.25, 0.3) is 11.4 Å². The van der Waals surface area contributed by atoms with Crippen LogP contribution in [0.4, 0.5) is 5.82 Å². The van der Waals surface area contributed by atoms with Gasteiger partial charge in [-0.1, -0.05) is 0 Å². The molecule has 1 aliphatic heterocycles. The predicted molar refractivity (Wildman–Crippen MR) is 88.4 cm³/mol. The van der Waals surface area contributed by atoms with Crippen LogP contribution in [0.15, 0.2) is 30.6 Å². The van der Waals surface area contributed by atoms with Gasteiger partial charge in [0.05, 0.1) is 18.8 Å². The molecule has 2 unspecified atom stereocenters. The number of hydrogen-bond acceptors (Lipinski definition) is 6. The highest BCUT2D eigenvalue weighted by Gasteiger charge is 2.26. The van der Waals surface area contributed by atoms with Gasteiger partial charge in [-0.05, 0) is 26.0 Å². The SMILES string of the molecule is COCC1CN(c2cc(C)nc(-c3cccnc3)n2)CC(C)O1. The van der Waals surface area contributed by atoms with Crippen molar-refractivity contribution in [2.24, 2.45) is 0 Å². The molecule has 1 saturated heterocycles. The van der Waals surface area contributed by atoms with Crippen molar-refractivity contribution in [3.05, 3.63) is 36.3 Å². The number of methoxy groups -OCH3 is 1. The molecule has 2 atom stereocenters. The molecule has 0 radical (unpaired) electrons. The summed E-state index contributed by atoms with van der Waals surface area (Å²) in [5.41, 5.74) is 1.86. The number of aromatic nitrogens is 3. The summed E-state index contributed by atoms with van der Waals surface area (Å²) in [6.07, 6.45) is 3.73. The first kappa shape index (κ1) is 15.8. The molecule has 0 saturated carbocycles. The lowest BCUT2D eigenvalue weighted by Crippen LogP contribution is -2.48. The molecule has 1 aliphatic rings. The van der Waals surface area contributed by atoms with Gasteiger partial charge in [0.2, 0.25) is 0 Å². The maximum Gasteiger partial charge on any atom is 0.163 e. The Morgan fingerprint density at radius 2 is 2.22 bits per heavy atom. The molecule has 23 heavy (non-hydrogen) atoms. The van der Waals surface area contributed by atoms with Gasteiger partial charge in [-0.25, -0.2) is 9.97 Å². The molecule has 0 bridgehead atoms. The summed E-state index contributed by atoms with van der Waals surface area (Å²) < 4.78 is 11.1. The third-order valence-electron chi connectivity index (χ3n) is 3.76. The highest BCUT2D eigenvalue weighted by molar-refractivity contribution is 5.56. The second-order valence-corrected chi connectivity index (χ2v) is 5.86. The summed E-state index contributed by atoms with van der Waals surface area (Å²) in [6, 6.07) is 5.88. The molecule has 1 fully saturated rings. The number of morpholine rings is 1. The normalized spacial score (nSPS) is 21.4. The zero-order valence-corrected chi connectivity index (χ0v) is 13.8. The van der Waals surface area contributed by atoms with Crippen LogP contribution in [0, 0.1) is 6.92 Å². The van der Waals surface area contributed by atoms with E-state index in [2.05, 4.69) is 21.8 Å². The van der Waals surface area contributed by atoms with Crippen LogP contribution in [0.3, 0.4) is 0 Å². The Hall–Kier alpha value is -2.05. The molecule has 0 aromatic carbocycles. The molecule has 0 amide bonds. The van der Waals surface area contributed by atoms with E-state index in [-0.39, 0.29) is 12.2 Å². The van der Waals surface area contributed by atoms with Crippen molar-refractivity contribution in [3.8, 4) is 11.4 Å². The van der Waals surface area contributed by atoms with E-state index in [4.69, 9.17) is 14.5 Å². The van der Waals surface area contributed by atoms with E-state index in [0.717, 1.165) is 30.2 Å². The fourth-order valence-corrected chi connectivity index (χ4v) is 2.85. The third-order valence-corrected chi connectivity index (χ3v) is 3.76. The number of rotatable bonds is 4. The lowest BCUT2D eigenvalue weighted by Gasteiger charge is -2.37. The van der Waals surface area contributed by atoms with E-state index in [1.54, 1.807) is 19.5 Å². The molecule has 6 heteroatoms. The largest absolute Gasteiger partial charge is 0.382 e. The molecule has 2 aromatic rings. The average molecular weight is 314 g/mol. The highest BCUT2D eigenvalue weighted by Crippen LogP contribution is 2.22. The molecule has 122 valence electrons. The van der Waals surface area contributed by atoms with Crippen molar-refractivity contribution in [1.29, 1.82) is 0 Å². The summed E-state index contributed by atoms with van der Waals surface area (Å²) in [5, 5.41) is 0. The van der Waals surface area contributed by atoms with E-state index in [1.165, 1.54) is 0 Å². The van der Waals surface area contributed by atoms with Crippen molar-refractivity contribution in [1.82, 2.24) is 15.0 Å². The molecule has 3 heterocycles. The Bertz CT molecular complexity index is 650. The van der Waals surface area contributed by atoms with Crippen LogP contribution in [0.5, 0.6) is 0 Å². The summed E-state index contributed by atoms with van der Waals surface area (Å²) in [5.74, 6) is 1.63. The number of anilines is 1. The lowest BCUT2D eigenvalue weighted by atomic mass is 10.2. The van der Waals surface area contributed by atoms with Gasteiger partial charge in [0, 0.05) is 49.9 Å². The first-order valence-corrected chi connectivity index (χ1v) is 7.81. The maximum absolute atomic E-state index is 5.90. The first-order chi connectivity index (χ1) is 11.2. The van der Waals surface area contributed by atoms with Crippen molar-refractivity contribution in [3.63, 3.8) is 0 Å². The second kappa shape index (κ2) is 7.02. The van der Waals surface area contributed by atoms with Crippen molar-refractivity contribution in [2.45, 2.75) is 26.1 Å². The standard InChI is InChI=1S/C17H22N4O2/c1-12-7-16(20-17(19-12)14-5-4-6-18-8-14)21-9-13(2)23-15(10-21)11-22-3/h4-8,13,15H,9-11H2,1-3H3. The van der Waals surface area contributed by atoms with E-state index in [9.17, 15) is 0 Å².